The zero-order valence-electron chi connectivity index (χ0n) is 25.6. The molecule has 2 N–H and O–H groups in total. The number of aliphatic hydroxyl groups is 2. The second kappa shape index (κ2) is 12.5. The average Bonchev–Trinajstić information content (AvgIpc) is 3.03. The van der Waals surface area contributed by atoms with Crippen molar-refractivity contribution in [3.05, 3.63) is 115 Å². The SMILES string of the molecule is CC1=C2Sc3ccccc3C=C2C=C(C(=O)C2=CC3=Cc4ccccc4SC3=C(C)C2(C)OCCCO)C1(C)OCCCO. The van der Waals surface area contributed by atoms with E-state index in [2.05, 4.69) is 50.3 Å². The van der Waals surface area contributed by atoms with Crippen molar-refractivity contribution in [1.29, 1.82) is 0 Å². The monoisotopic (exact) mass is 626 g/mol. The Bertz CT molecular complexity index is 1580. The first-order valence-electron chi connectivity index (χ1n) is 15.1. The van der Waals surface area contributed by atoms with Crippen molar-refractivity contribution in [3.63, 3.8) is 0 Å². The molecule has 2 atom stereocenters. The van der Waals surface area contributed by atoms with Crippen LogP contribution in [0.3, 0.4) is 0 Å². The number of thioether (sulfide) groups is 2. The van der Waals surface area contributed by atoms with Crippen LogP contribution in [0.15, 0.2) is 114 Å². The Hall–Kier alpha value is -2.91. The lowest BCUT2D eigenvalue weighted by Crippen LogP contribution is -2.45. The number of ether oxygens (including phenoxy) is 2. The van der Waals surface area contributed by atoms with Crippen LogP contribution >= 0.6 is 23.5 Å². The first-order valence-corrected chi connectivity index (χ1v) is 16.7. The number of Topliss-reactive ketones (excluding diaryl/α,β-unsaturated/α-hetero) is 1. The van der Waals surface area contributed by atoms with Crippen LogP contribution in [0.1, 0.15) is 51.7 Å². The molecule has 2 aromatic carbocycles. The molecule has 0 amide bonds. The van der Waals surface area contributed by atoms with Gasteiger partial charge in [0.1, 0.15) is 11.2 Å². The van der Waals surface area contributed by atoms with Crippen molar-refractivity contribution in [3.8, 4) is 0 Å². The van der Waals surface area contributed by atoms with Crippen molar-refractivity contribution in [2.45, 2.75) is 61.5 Å². The van der Waals surface area contributed by atoms with E-state index in [1.165, 1.54) is 9.79 Å². The van der Waals surface area contributed by atoms with Gasteiger partial charge in [0, 0.05) is 44.0 Å². The lowest BCUT2D eigenvalue weighted by atomic mass is 9.72. The number of carbonyl (C=O) groups excluding carboxylic acids is 1. The van der Waals surface area contributed by atoms with Crippen molar-refractivity contribution >= 4 is 41.5 Å². The molecule has 2 heterocycles. The Morgan fingerprint density at radius 2 is 1.09 bits per heavy atom. The van der Waals surface area contributed by atoms with Gasteiger partial charge in [0.25, 0.3) is 0 Å². The molecule has 2 aliphatic carbocycles. The van der Waals surface area contributed by atoms with Crippen LogP contribution in [0, 0.1) is 0 Å². The first-order chi connectivity index (χ1) is 21.2. The van der Waals surface area contributed by atoms with E-state index in [0.29, 0.717) is 37.2 Å². The van der Waals surface area contributed by atoms with E-state index in [1.54, 1.807) is 23.5 Å². The number of aliphatic hydroxyl groups excluding tert-OH is 2. The molecule has 44 heavy (non-hydrogen) atoms. The maximum absolute atomic E-state index is 15.1. The normalized spacial score (nSPS) is 24.0. The summed E-state index contributed by atoms with van der Waals surface area (Å²) in [6.45, 7) is 8.69. The summed E-state index contributed by atoms with van der Waals surface area (Å²) in [4.78, 5) is 19.6. The Labute approximate surface area is 268 Å². The molecular weight excluding hydrogens is 589 g/mol. The van der Waals surface area contributed by atoms with E-state index >= 15 is 4.79 Å². The minimum atomic E-state index is -1.01. The number of fused-ring (bicyclic) bond motifs is 4. The van der Waals surface area contributed by atoms with Crippen molar-refractivity contribution in [1.82, 2.24) is 0 Å². The Kier molecular flexibility index (Phi) is 8.81. The number of ketones is 1. The molecule has 2 aromatic rings. The van der Waals surface area contributed by atoms with Gasteiger partial charge in [-0.25, -0.2) is 0 Å². The standard InChI is InChI=1S/C37H38O5S2/c1-23-34-27(19-25-11-5-7-13-31(25)43-34)21-29(36(23,3)41-17-9-15-38)33(40)30-22-28-20-26-12-6-8-14-32(26)44-35(28)24(2)37(30,4)42-18-10-16-39/h5-8,11-14,19-22,38-39H,9-10,15-18H2,1-4H3. The first kappa shape index (κ1) is 31.1. The molecule has 0 spiro atoms. The third-order valence-electron chi connectivity index (χ3n) is 9.02. The third-order valence-corrected chi connectivity index (χ3v) is 11.7. The average molecular weight is 627 g/mol. The minimum absolute atomic E-state index is 0.00789. The summed E-state index contributed by atoms with van der Waals surface area (Å²) in [5.41, 5.74) is 5.25. The summed E-state index contributed by atoms with van der Waals surface area (Å²) in [6.07, 6.45) is 9.23. The Morgan fingerprint density at radius 3 is 1.50 bits per heavy atom. The predicted molar refractivity (Wildman–Crippen MR) is 179 cm³/mol. The summed E-state index contributed by atoms with van der Waals surface area (Å²) in [6, 6.07) is 16.6. The van der Waals surface area contributed by atoms with Crippen LogP contribution in [0.5, 0.6) is 0 Å². The van der Waals surface area contributed by atoms with Crippen molar-refractivity contribution < 1.29 is 24.5 Å². The van der Waals surface area contributed by atoms with Gasteiger partial charge in [-0.15, -0.1) is 0 Å². The molecule has 0 fully saturated rings. The molecule has 5 nitrogen and oxygen atoms in total. The van der Waals surface area contributed by atoms with Gasteiger partial charge in [-0.1, -0.05) is 59.9 Å². The summed E-state index contributed by atoms with van der Waals surface area (Å²) >= 11 is 3.41. The third kappa shape index (κ3) is 5.34. The van der Waals surface area contributed by atoms with Crippen LogP contribution in [0.25, 0.3) is 12.2 Å². The molecule has 4 aliphatic rings. The van der Waals surface area contributed by atoms with Crippen LogP contribution in [0.2, 0.25) is 0 Å². The van der Waals surface area contributed by atoms with Gasteiger partial charge < -0.3 is 19.7 Å². The number of hydrogen-bond donors (Lipinski definition) is 2. The van der Waals surface area contributed by atoms with E-state index in [4.69, 9.17) is 9.47 Å². The summed E-state index contributed by atoms with van der Waals surface area (Å²) in [5, 5.41) is 19.1. The zero-order chi connectivity index (χ0) is 31.1. The topological polar surface area (TPSA) is 76.0 Å². The lowest BCUT2D eigenvalue weighted by Gasteiger charge is -2.43. The molecule has 0 aromatic heterocycles. The quantitative estimate of drug-likeness (QED) is 0.262. The molecule has 2 aliphatic heterocycles. The zero-order valence-corrected chi connectivity index (χ0v) is 27.2. The molecule has 228 valence electrons. The summed E-state index contributed by atoms with van der Waals surface area (Å²) < 4.78 is 13.1. The molecule has 7 heteroatoms. The van der Waals surface area contributed by atoms with Crippen molar-refractivity contribution in [2.75, 3.05) is 26.4 Å². The highest BCUT2D eigenvalue weighted by Gasteiger charge is 2.48. The van der Waals surface area contributed by atoms with Gasteiger partial charge in [0.2, 0.25) is 0 Å². The predicted octanol–water partition coefficient (Wildman–Crippen LogP) is 7.68. The Balaban J connectivity index is 1.50. The van der Waals surface area contributed by atoms with Crippen molar-refractivity contribution in [2.24, 2.45) is 0 Å². The number of rotatable bonds is 10. The number of carbonyl (C=O) groups is 1. The molecule has 6 rings (SSSR count). The minimum Gasteiger partial charge on any atom is -0.396 e. The van der Waals surface area contributed by atoms with E-state index in [0.717, 1.165) is 43.2 Å². The van der Waals surface area contributed by atoms with E-state index in [9.17, 15) is 10.2 Å². The van der Waals surface area contributed by atoms with Gasteiger partial charge >= 0.3 is 0 Å². The molecule has 0 saturated carbocycles. The van der Waals surface area contributed by atoms with E-state index in [1.807, 2.05) is 50.3 Å². The van der Waals surface area contributed by atoms with Crippen LogP contribution in [-0.4, -0.2) is 53.6 Å². The molecule has 0 bridgehead atoms. The fraction of sp³-hybridized carbons (Fsp3) is 0.324. The lowest BCUT2D eigenvalue weighted by molar-refractivity contribution is -0.117. The van der Waals surface area contributed by atoms with Crippen LogP contribution < -0.4 is 0 Å². The summed E-state index contributed by atoms with van der Waals surface area (Å²) in [7, 11) is 0. The maximum atomic E-state index is 15.1. The second-order valence-corrected chi connectivity index (χ2v) is 13.9. The van der Waals surface area contributed by atoms with E-state index in [-0.39, 0.29) is 19.0 Å². The molecular formula is C37H38O5S2. The number of hydrogen-bond acceptors (Lipinski definition) is 7. The van der Waals surface area contributed by atoms with E-state index < -0.39 is 11.2 Å². The fourth-order valence-electron chi connectivity index (χ4n) is 6.18. The van der Waals surface area contributed by atoms with Gasteiger partial charge in [0.05, 0.1) is 13.2 Å². The Morgan fingerprint density at radius 1 is 0.682 bits per heavy atom. The number of allylic oxidation sites excluding steroid dienone is 4. The maximum Gasteiger partial charge on any atom is 0.191 e. The molecule has 0 saturated heterocycles. The number of benzene rings is 2. The van der Waals surface area contributed by atoms with Gasteiger partial charge in [-0.2, -0.15) is 0 Å². The van der Waals surface area contributed by atoms with Gasteiger partial charge in [0.15, 0.2) is 5.78 Å². The molecule has 0 radical (unpaired) electrons. The molecule has 2 unspecified atom stereocenters. The van der Waals surface area contributed by atoms with Crippen LogP contribution in [0.4, 0.5) is 0 Å². The summed E-state index contributed by atoms with van der Waals surface area (Å²) in [5.74, 6) is -0.130. The van der Waals surface area contributed by atoms with Crippen LogP contribution in [-0.2, 0) is 14.3 Å². The highest BCUT2D eigenvalue weighted by molar-refractivity contribution is 8.03. The van der Waals surface area contributed by atoms with Gasteiger partial charge in [-0.05, 0) is 110 Å². The second-order valence-electron chi connectivity index (χ2n) is 11.8. The van der Waals surface area contributed by atoms with Gasteiger partial charge in [-0.3, -0.25) is 4.79 Å². The fourth-order valence-corrected chi connectivity index (χ4v) is 8.57. The largest absolute Gasteiger partial charge is 0.396 e. The smallest absolute Gasteiger partial charge is 0.191 e. The highest BCUT2D eigenvalue weighted by atomic mass is 32.2. The highest BCUT2D eigenvalue weighted by Crippen LogP contribution is 2.53.